The molecule has 25 heavy (non-hydrogen) atoms. The molecule has 1 aromatic rings. The van der Waals surface area contributed by atoms with E-state index in [1.165, 1.54) is 12.1 Å². The molecule has 0 aromatic heterocycles. The van der Waals surface area contributed by atoms with Crippen molar-refractivity contribution in [1.29, 1.82) is 0 Å². The second kappa shape index (κ2) is 7.04. The predicted molar refractivity (Wildman–Crippen MR) is 89.3 cm³/mol. The van der Waals surface area contributed by atoms with Gasteiger partial charge in [-0.15, -0.1) is 0 Å². The van der Waals surface area contributed by atoms with Crippen LogP contribution in [0.1, 0.15) is 59.2 Å². The highest BCUT2D eigenvalue weighted by molar-refractivity contribution is 6.22. The predicted octanol–water partition coefficient (Wildman–Crippen LogP) is 2.28. The van der Waals surface area contributed by atoms with Crippen LogP contribution in [0.15, 0.2) is 18.2 Å². The minimum atomic E-state index is -1.07. The molecule has 0 bridgehead atoms. The smallest absolute Gasteiger partial charge is 0.305 e. The molecule has 3 rings (SSSR count). The van der Waals surface area contributed by atoms with Gasteiger partial charge >= 0.3 is 5.97 Å². The van der Waals surface area contributed by atoms with Gasteiger partial charge in [0.05, 0.1) is 17.5 Å². The number of hydrogen-bond donors (Lipinski definition) is 2. The molecule has 132 valence electrons. The van der Waals surface area contributed by atoms with E-state index in [1.54, 1.807) is 6.07 Å². The number of nitrogens with zero attached hydrogens (tertiary/aromatic N) is 1. The van der Waals surface area contributed by atoms with Crippen LogP contribution in [0.2, 0.25) is 0 Å². The summed E-state index contributed by atoms with van der Waals surface area (Å²) >= 11 is 0. The van der Waals surface area contributed by atoms with Gasteiger partial charge < -0.3 is 10.4 Å². The second-order valence-corrected chi connectivity index (χ2v) is 6.49. The topological polar surface area (TPSA) is 104 Å². The molecule has 1 aromatic carbocycles. The number of benzene rings is 1. The maximum Gasteiger partial charge on any atom is 0.305 e. The van der Waals surface area contributed by atoms with Crippen LogP contribution in [0, 0.1) is 5.92 Å². The number of carboxylic acid groups (broad SMARTS) is 1. The van der Waals surface area contributed by atoms with E-state index < -0.39 is 17.8 Å². The zero-order valence-corrected chi connectivity index (χ0v) is 13.8. The van der Waals surface area contributed by atoms with Crippen molar-refractivity contribution in [3.8, 4) is 0 Å². The summed E-state index contributed by atoms with van der Waals surface area (Å²) in [6, 6.07) is 4.61. The molecule has 2 aliphatic rings. The fourth-order valence-corrected chi connectivity index (χ4v) is 3.39. The Kier molecular flexibility index (Phi) is 4.83. The molecule has 1 aliphatic heterocycles. The largest absolute Gasteiger partial charge is 0.481 e. The summed E-state index contributed by atoms with van der Waals surface area (Å²) in [7, 11) is 0. The van der Waals surface area contributed by atoms with Crippen LogP contribution in [-0.4, -0.2) is 40.2 Å². The zero-order chi connectivity index (χ0) is 18.0. The summed E-state index contributed by atoms with van der Waals surface area (Å²) in [6.45, 7) is -0.161. The van der Waals surface area contributed by atoms with Crippen molar-refractivity contribution in [3.63, 3.8) is 0 Å². The first-order chi connectivity index (χ1) is 12.0. The van der Waals surface area contributed by atoms with E-state index >= 15 is 0 Å². The quantitative estimate of drug-likeness (QED) is 0.798. The van der Waals surface area contributed by atoms with E-state index in [2.05, 4.69) is 5.32 Å². The Morgan fingerprint density at radius 2 is 1.76 bits per heavy atom. The zero-order valence-electron chi connectivity index (χ0n) is 13.8. The minimum absolute atomic E-state index is 0.00796. The van der Waals surface area contributed by atoms with Crippen molar-refractivity contribution in [2.24, 2.45) is 5.92 Å². The van der Waals surface area contributed by atoms with Crippen LogP contribution in [-0.2, 0) is 9.59 Å². The number of amides is 3. The van der Waals surface area contributed by atoms with Gasteiger partial charge in [0.25, 0.3) is 11.8 Å². The van der Waals surface area contributed by atoms with Crippen LogP contribution in [0.4, 0.5) is 5.69 Å². The molecule has 7 heteroatoms. The Hall–Kier alpha value is -2.70. The number of imide groups is 1. The first-order valence-corrected chi connectivity index (χ1v) is 8.50. The molecule has 0 radical (unpaired) electrons. The van der Waals surface area contributed by atoms with Gasteiger partial charge in [-0.2, -0.15) is 0 Å². The first kappa shape index (κ1) is 17.1. The van der Waals surface area contributed by atoms with E-state index in [1.807, 2.05) is 0 Å². The summed E-state index contributed by atoms with van der Waals surface area (Å²) in [4.78, 5) is 48.5. The summed E-state index contributed by atoms with van der Waals surface area (Å²) < 4.78 is 0. The Morgan fingerprint density at radius 3 is 2.44 bits per heavy atom. The highest BCUT2D eigenvalue weighted by atomic mass is 16.4. The van der Waals surface area contributed by atoms with Crippen molar-refractivity contribution in [1.82, 2.24) is 4.90 Å². The van der Waals surface area contributed by atoms with Crippen LogP contribution in [0.5, 0.6) is 0 Å². The lowest BCUT2D eigenvalue weighted by atomic mass is 9.88. The van der Waals surface area contributed by atoms with Crippen LogP contribution in [0.3, 0.4) is 0 Å². The number of hydrogen-bond acceptors (Lipinski definition) is 4. The number of aliphatic carboxylic acids is 1. The van der Waals surface area contributed by atoms with E-state index in [0.29, 0.717) is 5.69 Å². The second-order valence-electron chi connectivity index (χ2n) is 6.49. The van der Waals surface area contributed by atoms with Gasteiger partial charge in [-0.25, -0.2) is 0 Å². The van der Waals surface area contributed by atoms with E-state index in [4.69, 9.17) is 5.11 Å². The van der Waals surface area contributed by atoms with E-state index in [9.17, 15) is 19.2 Å². The van der Waals surface area contributed by atoms with Crippen LogP contribution < -0.4 is 5.32 Å². The SMILES string of the molecule is O=C(O)CCN1C(=O)c2ccc(NC(=O)C3CCCCC3)cc2C1=O. The number of carboxylic acids is 1. The molecular formula is C18H20N2O5. The van der Waals surface area contributed by atoms with Crippen LogP contribution in [0.25, 0.3) is 0 Å². The molecule has 2 N–H and O–H groups in total. The summed E-state index contributed by atoms with van der Waals surface area (Å²) in [5, 5.41) is 11.6. The van der Waals surface area contributed by atoms with Gasteiger partial charge in [0.2, 0.25) is 5.91 Å². The Bertz CT molecular complexity index is 737. The third-order valence-electron chi connectivity index (χ3n) is 4.76. The van der Waals surface area contributed by atoms with Crippen molar-refractivity contribution >= 4 is 29.4 Å². The molecule has 3 amide bonds. The van der Waals surface area contributed by atoms with Crippen molar-refractivity contribution in [3.05, 3.63) is 29.3 Å². The maximum absolute atomic E-state index is 12.4. The number of fused-ring (bicyclic) bond motifs is 1. The molecule has 1 heterocycles. The lowest BCUT2D eigenvalue weighted by molar-refractivity contribution is -0.137. The fraction of sp³-hybridized carbons (Fsp3) is 0.444. The third-order valence-corrected chi connectivity index (χ3v) is 4.76. The number of nitrogens with one attached hydrogen (secondary N) is 1. The number of anilines is 1. The van der Waals surface area contributed by atoms with Crippen molar-refractivity contribution in [2.45, 2.75) is 38.5 Å². The molecule has 0 spiro atoms. The van der Waals surface area contributed by atoms with Crippen molar-refractivity contribution < 1.29 is 24.3 Å². The Morgan fingerprint density at radius 1 is 1.08 bits per heavy atom. The average Bonchev–Trinajstić information content (AvgIpc) is 2.84. The molecule has 1 aliphatic carbocycles. The monoisotopic (exact) mass is 344 g/mol. The number of rotatable bonds is 5. The van der Waals surface area contributed by atoms with Gasteiger partial charge in [-0.1, -0.05) is 19.3 Å². The standard InChI is InChI=1S/C18H20N2O5/c21-15(22)8-9-20-17(24)13-7-6-12(10-14(13)18(20)25)19-16(23)11-4-2-1-3-5-11/h6-7,10-11H,1-5,8-9H2,(H,19,23)(H,21,22). The Balaban J connectivity index is 1.73. The van der Waals surface area contributed by atoms with Crippen molar-refractivity contribution in [2.75, 3.05) is 11.9 Å². The first-order valence-electron chi connectivity index (χ1n) is 8.50. The molecule has 7 nitrogen and oxygen atoms in total. The highest BCUT2D eigenvalue weighted by Gasteiger charge is 2.35. The molecule has 0 atom stereocenters. The molecule has 1 saturated carbocycles. The molecule has 0 unspecified atom stereocenters. The minimum Gasteiger partial charge on any atom is -0.481 e. The van der Waals surface area contributed by atoms with Gasteiger partial charge in [-0.3, -0.25) is 24.1 Å². The number of carbonyl (C=O) groups is 4. The molecule has 0 saturated heterocycles. The van der Waals surface area contributed by atoms with Crippen LogP contribution >= 0.6 is 0 Å². The normalized spacial score (nSPS) is 17.5. The van der Waals surface area contributed by atoms with Gasteiger partial charge in [-0.05, 0) is 31.0 Å². The maximum atomic E-state index is 12.4. The Labute approximate surface area is 145 Å². The summed E-state index contributed by atoms with van der Waals surface area (Å²) in [6.07, 6.45) is 4.71. The average molecular weight is 344 g/mol. The van der Waals surface area contributed by atoms with E-state index in [-0.39, 0.29) is 35.9 Å². The summed E-state index contributed by atoms with van der Waals surface area (Å²) in [5.74, 6) is -2.15. The van der Waals surface area contributed by atoms with Gasteiger partial charge in [0.1, 0.15) is 0 Å². The van der Waals surface area contributed by atoms with E-state index in [0.717, 1.165) is 37.0 Å². The summed E-state index contributed by atoms with van der Waals surface area (Å²) in [5.41, 5.74) is 0.929. The number of carbonyl (C=O) groups excluding carboxylic acids is 3. The third kappa shape index (κ3) is 3.55. The van der Waals surface area contributed by atoms with Gasteiger partial charge in [0.15, 0.2) is 0 Å². The lowest BCUT2D eigenvalue weighted by Gasteiger charge is -2.20. The van der Waals surface area contributed by atoms with Gasteiger partial charge in [0, 0.05) is 18.2 Å². The molecule has 1 fully saturated rings. The lowest BCUT2D eigenvalue weighted by Crippen LogP contribution is -2.31. The highest BCUT2D eigenvalue weighted by Crippen LogP contribution is 2.28. The fourth-order valence-electron chi connectivity index (χ4n) is 3.39. The molecular weight excluding hydrogens is 324 g/mol.